The first-order valence-electron chi connectivity index (χ1n) is 5.67. The Bertz CT molecular complexity index is 838. The molecular formula is C14H10INO2S. The third-order valence-corrected chi connectivity index (χ3v) is 5.97. The van der Waals surface area contributed by atoms with E-state index in [1.165, 1.54) is 0 Å². The van der Waals surface area contributed by atoms with Crippen molar-refractivity contribution in [2.75, 3.05) is 0 Å². The van der Waals surface area contributed by atoms with E-state index in [1.54, 1.807) is 30.3 Å². The van der Waals surface area contributed by atoms with Crippen LogP contribution in [0, 0.1) is 3.70 Å². The second-order valence-corrected chi connectivity index (χ2v) is 7.10. The SMILES string of the molecule is O=S(=O)(c1ccccc1)c1c(I)[nH]c2ccccc12. The highest BCUT2D eigenvalue weighted by Gasteiger charge is 2.24. The topological polar surface area (TPSA) is 49.9 Å². The van der Waals surface area contributed by atoms with Crippen molar-refractivity contribution in [1.29, 1.82) is 0 Å². The fourth-order valence-corrected chi connectivity index (χ4v) is 5.02. The standard InChI is InChI=1S/C14H10INO2S/c15-14-13(11-8-4-5-9-12(11)16-14)19(17,18)10-6-2-1-3-7-10/h1-9,16H. The summed E-state index contributed by atoms with van der Waals surface area (Å²) in [5.74, 6) is 0. The van der Waals surface area contributed by atoms with Gasteiger partial charge in [-0.2, -0.15) is 0 Å². The minimum absolute atomic E-state index is 0.317. The lowest BCUT2D eigenvalue weighted by molar-refractivity contribution is 0.596. The van der Waals surface area contributed by atoms with Gasteiger partial charge in [-0.1, -0.05) is 36.4 Å². The van der Waals surface area contributed by atoms with Gasteiger partial charge in [0, 0.05) is 10.9 Å². The number of aromatic amines is 1. The largest absolute Gasteiger partial charge is 0.349 e. The summed E-state index contributed by atoms with van der Waals surface area (Å²) in [5.41, 5.74) is 0.835. The maximum absolute atomic E-state index is 12.7. The summed E-state index contributed by atoms with van der Waals surface area (Å²) < 4.78 is 26.1. The molecule has 1 aromatic heterocycles. The lowest BCUT2D eigenvalue weighted by atomic mass is 10.2. The zero-order valence-electron chi connectivity index (χ0n) is 9.80. The molecule has 19 heavy (non-hydrogen) atoms. The predicted molar refractivity (Wildman–Crippen MR) is 82.9 cm³/mol. The van der Waals surface area contributed by atoms with Gasteiger partial charge in [-0.3, -0.25) is 0 Å². The molecule has 0 radical (unpaired) electrons. The van der Waals surface area contributed by atoms with Crippen molar-refractivity contribution in [1.82, 2.24) is 4.98 Å². The van der Waals surface area contributed by atoms with Crippen molar-refractivity contribution in [3.05, 3.63) is 58.3 Å². The average molecular weight is 383 g/mol. The molecule has 1 N–H and O–H groups in total. The van der Waals surface area contributed by atoms with E-state index in [0.29, 0.717) is 13.5 Å². The quantitative estimate of drug-likeness (QED) is 0.688. The van der Waals surface area contributed by atoms with Crippen LogP contribution in [0.2, 0.25) is 0 Å². The molecule has 2 aromatic carbocycles. The third kappa shape index (κ3) is 2.06. The van der Waals surface area contributed by atoms with Crippen LogP contribution in [0.3, 0.4) is 0 Å². The predicted octanol–water partition coefficient (Wildman–Crippen LogP) is 3.61. The number of sulfone groups is 1. The number of hydrogen-bond acceptors (Lipinski definition) is 2. The zero-order chi connectivity index (χ0) is 13.5. The first-order valence-corrected chi connectivity index (χ1v) is 8.23. The molecule has 0 unspecified atom stereocenters. The number of benzene rings is 2. The van der Waals surface area contributed by atoms with E-state index in [-0.39, 0.29) is 0 Å². The zero-order valence-corrected chi connectivity index (χ0v) is 12.8. The van der Waals surface area contributed by atoms with Gasteiger partial charge in [0.25, 0.3) is 0 Å². The van der Waals surface area contributed by atoms with Gasteiger partial charge in [0.1, 0.15) is 4.90 Å². The van der Waals surface area contributed by atoms with E-state index < -0.39 is 9.84 Å². The maximum Gasteiger partial charge on any atom is 0.209 e. The van der Waals surface area contributed by atoms with Crippen LogP contribution in [0.1, 0.15) is 0 Å². The van der Waals surface area contributed by atoms with Gasteiger partial charge in [-0.25, -0.2) is 8.42 Å². The summed E-state index contributed by atoms with van der Waals surface area (Å²) in [5, 5.41) is 0.732. The first kappa shape index (κ1) is 12.7. The smallest absolute Gasteiger partial charge is 0.209 e. The lowest BCUT2D eigenvalue weighted by Crippen LogP contribution is -2.02. The van der Waals surface area contributed by atoms with Crippen molar-refractivity contribution in [2.24, 2.45) is 0 Å². The molecule has 0 saturated heterocycles. The summed E-state index contributed by atoms with van der Waals surface area (Å²) in [6.07, 6.45) is 0. The molecule has 0 aliphatic carbocycles. The van der Waals surface area contributed by atoms with Crippen LogP contribution in [-0.2, 0) is 9.84 Å². The average Bonchev–Trinajstić information content (AvgIpc) is 2.76. The Morgan fingerprint density at radius 2 is 1.53 bits per heavy atom. The molecule has 0 fully saturated rings. The monoisotopic (exact) mass is 383 g/mol. The van der Waals surface area contributed by atoms with Crippen LogP contribution < -0.4 is 0 Å². The highest BCUT2D eigenvalue weighted by Crippen LogP contribution is 2.32. The van der Waals surface area contributed by atoms with Crippen molar-refractivity contribution in [2.45, 2.75) is 9.79 Å². The molecule has 0 aliphatic heterocycles. The molecule has 0 spiro atoms. The number of hydrogen-bond donors (Lipinski definition) is 1. The van der Waals surface area contributed by atoms with Gasteiger partial charge in [0.15, 0.2) is 0 Å². The number of rotatable bonds is 2. The summed E-state index contributed by atoms with van der Waals surface area (Å²) in [7, 11) is -3.49. The van der Waals surface area contributed by atoms with E-state index >= 15 is 0 Å². The number of para-hydroxylation sites is 1. The van der Waals surface area contributed by atoms with Crippen LogP contribution in [-0.4, -0.2) is 13.4 Å². The Hall–Kier alpha value is -1.34. The van der Waals surface area contributed by atoms with Gasteiger partial charge in [-0.15, -0.1) is 0 Å². The highest BCUT2D eigenvalue weighted by atomic mass is 127. The number of aromatic nitrogens is 1. The second-order valence-electron chi connectivity index (χ2n) is 4.13. The number of halogens is 1. The molecule has 3 aromatic rings. The number of nitrogens with one attached hydrogen (secondary N) is 1. The molecule has 96 valence electrons. The Morgan fingerprint density at radius 1 is 0.895 bits per heavy atom. The van der Waals surface area contributed by atoms with Crippen molar-refractivity contribution < 1.29 is 8.42 Å². The molecule has 1 heterocycles. The first-order chi connectivity index (χ1) is 9.10. The molecular weight excluding hydrogens is 373 g/mol. The Labute approximate surface area is 124 Å². The Kier molecular flexibility index (Phi) is 3.10. The van der Waals surface area contributed by atoms with E-state index in [2.05, 4.69) is 4.98 Å². The van der Waals surface area contributed by atoms with Crippen LogP contribution in [0.25, 0.3) is 10.9 Å². The van der Waals surface area contributed by atoms with E-state index in [4.69, 9.17) is 0 Å². The summed E-state index contributed by atoms with van der Waals surface area (Å²) in [6.45, 7) is 0. The molecule has 0 aliphatic rings. The molecule has 0 amide bonds. The maximum atomic E-state index is 12.7. The lowest BCUT2D eigenvalue weighted by Gasteiger charge is -2.03. The summed E-state index contributed by atoms with van der Waals surface area (Å²) >= 11 is 2.03. The fraction of sp³-hybridized carbons (Fsp3) is 0. The van der Waals surface area contributed by atoms with Gasteiger partial charge < -0.3 is 4.98 Å². The molecule has 0 saturated carbocycles. The van der Waals surface area contributed by atoms with Gasteiger partial charge in [0.2, 0.25) is 9.84 Å². The molecule has 3 rings (SSSR count). The van der Waals surface area contributed by atoms with E-state index in [1.807, 2.05) is 46.9 Å². The third-order valence-electron chi connectivity index (χ3n) is 2.94. The number of H-pyrrole nitrogens is 1. The van der Waals surface area contributed by atoms with Crippen molar-refractivity contribution in [3.8, 4) is 0 Å². The van der Waals surface area contributed by atoms with Crippen LogP contribution >= 0.6 is 22.6 Å². The molecule has 0 atom stereocenters. The Morgan fingerprint density at radius 3 is 2.26 bits per heavy atom. The Balaban J connectivity index is 2.34. The van der Waals surface area contributed by atoms with E-state index in [9.17, 15) is 8.42 Å². The van der Waals surface area contributed by atoms with Crippen molar-refractivity contribution >= 4 is 43.3 Å². The fourth-order valence-electron chi connectivity index (χ4n) is 2.06. The number of fused-ring (bicyclic) bond motifs is 1. The summed E-state index contributed by atoms with van der Waals surface area (Å²) in [6, 6.07) is 15.9. The van der Waals surface area contributed by atoms with Crippen LogP contribution in [0.4, 0.5) is 0 Å². The molecule has 5 heteroatoms. The van der Waals surface area contributed by atoms with Crippen LogP contribution in [0.15, 0.2) is 64.4 Å². The second kappa shape index (κ2) is 4.64. The van der Waals surface area contributed by atoms with Crippen LogP contribution in [0.5, 0.6) is 0 Å². The summed E-state index contributed by atoms with van der Waals surface area (Å²) in [4.78, 5) is 3.78. The highest BCUT2D eigenvalue weighted by molar-refractivity contribution is 14.1. The van der Waals surface area contributed by atoms with E-state index in [0.717, 1.165) is 10.9 Å². The van der Waals surface area contributed by atoms with Gasteiger partial charge in [-0.05, 0) is 40.8 Å². The van der Waals surface area contributed by atoms with Gasteiger partial charge in [0.05, 0.1) is 8.60 Å². The molecule has 3 nitrogen and oxygen atoms in total. The minimum Gasteiger partial charge on any atom is -0.349 e. The molecule has 0 bridgehead atoms. The minimum atomic E-state index is -3.49. The normalized spacial score (nSPS) is 11.8. The van der Waals surface area contributed by atoms with Crippen molar-refractivity contribution in [3.63, 3.8) is 0 Å². The van der Waals surface area contributed by atoms with Gasteiger partial charge >= 0.3 is 0 Å².